The molecule has 0 fully saturated rings. The normalized spacial score (nSPS) is 13.6. The van der Waals surface area contributed by atoms with Crippen molar-refractivity contribution in [3.8, 4) is 0 Å². The quantitative estimate of drug-likeness (QED) is 0.613. The molecule has 0 spiro atoms. The number of carbonyl (C=O) groups excluding carboxylic acids is 1. The molecule has 0 amide bonds. The smallest absolute Gasteiger partial charge is 0.434 e. The number of nitrogens with zero attached hydrogens (tertiary/aromatic N) is 1. The molecule has 16 heavy (non-hydrogen) atoms. The Morgan fingerprint density at radius 3 is 2.62 bits per heavy atom. The minimum absolute atomic E-state index is 0.282. The van der Waals surface area contributed by atoms with Crippen molar-refractivity contribution in [3.05, 3.63) is 15.0 Å². The second kappa shape index (κ2) is 4.89. The number of carbonyl (C=O) groups is 1. The Morgan fingerprint density at radius 1 is 1.62 bits per heavy atom. The zero-order valence-corrected chi connectivity index (χ0v) is 10.8. The van der Waals surface area contributed by atoms with E-state index in [1.807, 2.05) is 0 Å². The van der Waals surface area contributed by atoms with Crippen LogP contribution < -0.4 is 0 Å². The van der Waals surface area contributed by atoms with Gasteiger partial charge >= 0.3 is 12.1 Å². The van der Waals surface area contributed by atoms with Gasteiger partial charge in [-0.1, -0.05) is 27.5 Å². The Morgan fingerprint density at radius 2 is 2.19 bits per heavy atom. The zero-order valence-electron chi connectivity index (χ0n) is 7.64. The molecule has 0 aliphatic rings. The molecular weight excluding hydrogens is 334 g/mol. The molecule has 1 heterocycles. The summed E-state index contributed by atoms with van der Waals surface area (Å²) in [4.78, 5) is 12.7. The van der Waals surface area contributed by atoms with Crippen molar-refractivity contribution in [1.82, 2.24) is 4.98 Å². The van der Waals surface area contributed by atoms with E-state index in [-0.39, 0.29) is 9.34 Å². The molecule has 0 saturated carbocycles. The fourth-order valence-electron chi connectivity index (χ4n) is 0.890. The molecule has 0 aliphatic carbocycles. The Balaban J connectivity index is 3.18. The van der Waals surface area contributed by atoms with E-state index in [0.717, 1.165) is 7.11 Å². The lowest BCUT2D eigenvalue weighted by molar-refractivity contribution is -0.143. The molecule has 0 aromatic carbocycles. The van der Waals surface area contributed by atoms with Crippen molar-refractivity contribution >= 4 is 44.8 Å². The fourth-order valence-corrected chi connectivity index (χ4v) is 2.68. The Bertz CT molecular complexity index is 409. The summed E-state index contributed by atoms with van der Waals surface area (Å²) in [7, 11) is 1.08. The van der Waals surface area contributed by atoms with Crippen molar-refractivity contribution in [2.75, 3.05) is 7.11 Å². The predicted octanol–water partition coefficient (Wildman–Crippen LogP) is 3.42. The molecule has 0 aliphatic heterocycles. The first-order valence-corrected chi connectivity index (χ1v) is 5.83. The standard InChI is InChI=1S/C7H4BrClF3NO2S/c1-15-5(14)2(8)3-4(7(10,11)12)13-6(9)16-3/h2H,1H3. The summed E-state index contributed by atoms with van der Waals surface area (Å²) in [6.07, 6.45) is -4.65. The van der Waals surface area contributed by atoms with Gasteiger partial charge in [0.15, 0.2) is 10.2 Å². The summed E-state index contributed by atoms with van der Waals surface area (Å²) in [5.74, 6) is -0.842. The molecule has 0 N–H and O–H groups in total. The monoisotopic (exact) mass is 337 g/mol. The number of alkyl halides is 4. The molecule has 3 nitrogen and oxygen atoms in total. The van der Waals surface area contributed by atoms with E-state index in [0.29, 0.717) is 11.3 Å². The van der Waals surface area contributed by atoms with E-state index in [2.05, 4.69) is 25.7 Å². The number of thiazole rings is 1. The molecule has 1 aromatic rings. The predicted molar refractivity (Wildman–Crippen MR) is 55.8 cm³/mol. The first kappa shape index (κ1) is 13.7. The lowest BCUT2D eigenvalue weighted by Gasteiger charge is -2.09. The van der Waals surface area contributed by atoms with Crippen LogP contribution in [0.1, 0.15) is 15.4 Å². The second-order valence-electron chi connectivity index (χ2n) is 2.56. The first-order valence-electron chi connectivity index (χ1n) is 3.72. The molecule has 1 aromatic heterocycles. The van der Waals surface area contributed by atoms with Crippen LogP contribution in [0, 0.1) is 0 Å². The van der Waals surface area contributed by atoms with Crippen LogP contribution in [0.3, 0.4) is 0 Å². The van der Waals surface area contributed by atoms with Gasteiger partial charge in [0, 0.05) is 0 Å². The summed E-state index contributed by atoms with van der Waals surface area (Å²) in [5.41, 5.74) is -1.17. The molecule has 1 rings (SSSR count). The molecule has 0 bridgehead atoms. The Labute approximate surface area is 106 Å². The van der Waals surface area contributed by atoms with Crippen LogP contribution in [0.2, 0.25) is 4.47 Å². The highest BCUT2D eigenvalue weighted by Gasteiger charge is 2.40. The van der Waals surface area contributed by atoms with Crippen LogP contribution in [0.15, 0.2) is 0 Å². The van der Waals surface area contributed by atoms with Crippen LogP contribution >= 0.6 is 38.9 Å². The third kappa shape index (κ3) is 2.86. The average Bonchev–Trinajstić information content (AvgIpc) is 2.57. The van der Waals surface area contributed by atoms with E-state index in [1.54, 1.807) is 0 Å². The summed E-state index contributed by atoms with van der Waals surface area (Å²) in [5, 5.41) is 0. The van der Waals surface area contributed by atoms with Crippen LogP contribution in [0.4, 0.5) is 13.2 Å². The van der Waals surface area contributed by atoms with Gasteiger partial charge in [0.25, 0.3) is 0 Å². The van der Waals surface area contributed by atoms with Gasteiger partial charge in [0.2, 0.25) is 0 Å². The lowest BCUT2D eigenvalue weighted by atomic mass is 10.3. The van der Waals surface area contributed by atoms with Crippen molar-refractivity contribution < 1.29 is 22.7 Å². The number of halogens is 5. The van der Waals surface area contributed by atoms with E-state index in [1.165, 1.54) is 0 Å². The number of methoxy groups -OCH3 is 1. The number of ether oxygens (including phenoxy) is 1. The second-order valence-corrected chi connectivity index (χ2v) is 5.09. The average molecular weight is 339 g/mol. The van der Waals surface area contributed by atoms with Gasteiger partial charge in [0.1, 0.15) is 4.83 Å². The maximum atomic E-state index is 12.5. The van der Waals surface area contributed by atoms with Gasteiger partial charge in [-0.25, -0.2) is 4.98 Å². The maximum absolute atomic E-state index is 12.5. The highest BCUT2D eigenvalue weighted by Crippen LogP contribution is 2.41. The largest absolute Gasteiger partial charge is 0.468 e. The van der Waals surface area contributed by atoms with Crippen LogP contribution in [0.5, 0.6) is 0 Å². The SMILES string of the molecule is COC(=O)C(Br)c1sc(Cl)nc1C(F)(F)F. The third-order valence-corrected chi connectivity index (χ3v) is 3.89. The summed E-state index contributed by atoms with van der Waals surface area (Å²) < 4.78 is 41.6. The molecule has 0 radical (unpaired) electrons. The van der Waals surface area contributed by atoms with Crippen molar-refractivity contribution in [3.63, 3.8) is 0 Å². The lowest BCUT2D eigenvalue weighted by Crippen LogP contribution is -2.14. The van der Waals surface area contributed by atoms with Gasteiger partial charge in [0.05, 0.1) is 12.0 Å². The van der Waals surface area contributed by atoms with Crippen molar-refractivity contribution in [2.45, 2.75) is 11.0 Å². The number of esters is 1. The Kier molecular flexibility index (Phi) is 4.19. The van der Waals surface area contributed by atoms with E-state index in [9.17, 15) is 18.0 Å². The van der Waals surface area contributed by atoms with Gasteiger partial charge in [-0.15, -0.1) is 11.3 Å². The Hall–Kier alpha value is -0.340. The van der Waals surface area contributed by atoms with Gasteiger partial charge in [-0.05, 0) is 0 Å². The minimum Gasteiger partial charge on any atom is -0.468 e. The van der Waals surface area contributed by atoms with Crippen LogP contribution in [-0.4, -0.2) is 18.1 Å². The molecule has 0 saturated heterocycles. The molecule has 1 unspecified atom stereocenters. The summed E-state index contributed by atoms with van der Waals surface area (Å²) in [6, 6.07) is 0. The van der Waals surface area contributed by atoms with E-state index < -0.39 is 22.7 Å². The maximum Gasteiger partial charge on any atom is 0.434 e. The van der Waals surface area contributed by atoms with Crippen molar-refractivity contribution in [2.24, 2.45) is 0 Å². The number of rotatable bonds is 2. The zero-order chi connectivity index (χ0) is 12.5. The molecule has 1 atom stereocenters. The fraction of sp³-hybridized carbons (Fsp3) is 0.429. The van der Waals surface area contributed by atoms with Gasteiger partial charge in [-0.3, -0.25) is 4.79 Å². The van der Waals surface area contributed by atoms with Gasteiger partial charge in [-0.2, -0.15) is 13.2 Å². The number of hydrogen-bond donors (Lipinski definition) is 0. The highest BCUT2D eigenvalue weighted by atomic mass is 79.9. The molecule has 9 heteroatoms. The summed E-state index contributed by atoms with van der Waals surface area (Å²) in [6.45, 7) is 0. The number of aromatic nitrogens is 1. The van der Waals surface area contributed by atoms with E-state index in [4.69, 9.17) is 11.6 Å². The molecule has 90 valence electrons. The van der Waals surface area contributed by atoms with Crippen LogP contribution in [0.25, 0.3) is 0 Å². The summed E-state index contributed by atoms with van der Waals surface area (Å²) >= 11 is 8.78. The number of hydrogen-bond acceptors (Lipinski definition) is 4. The molecular formula is C7H4BrClF3NO2S. The van der Waals surface area contributed by atoms with Crippen LogP contribution in [-0.2, 0) is 15.7 Å². The minimum atomic E-state index is -4.65. The highest BCUT2D eigenvalue weighted by molar-refractivity contribution is 9.09. The van der Waals surface area contributed by atoms with Crippen molar-refractivity contribution in [1.29, 1.82) is 0 Å². The van der Waals surface area contributed by atoms with E-state index >= 15 is 0 Å². The third-order valence-electron chi connectivity index (χ3n) is 1.53. The topological polar surface area (TPSA) is 39.2 Å². The van der Waals surface area contributed by atoms with Gasteiger partial charge < -0.3 is 4.74 Å². The first-order chi connectivity index (χ1) is 7.27.